The number of nitrogens with one attached hydrogen (secondary N) is 2. The van der Waals surface area contributed by atoms with E-state index >= 15 is 0 Å². The van der Waals surface area contributed by atoms with Crippen LogP contribution in [-0.2, 0) is 0 Å². The summed E-state index contributed by atoms with van der Waals surface area (Å²) in [7, 11) is 0. The molecule has 6 heteroatoms. The molecule has 0 atom stereocenters. The van der Waals surface area contributed by atoms with Crippen LogP contribution in [0, 0.1) is 18.6 Å². The Hall–Kier alpha value is -2.24. The monoisotopic (exact) mass is 264 g/mol. The SMILES string of the molecule is CCNc1nc(C)cc(Nc2cc(F)cc(F)c2)n1. The van der Waals surface area contributed by atoms with Crippen LogP contribution in [0.1, 0.15) is 12.6 Å². The fourth-order valence-corrected chi connectivity index (χ4v) is 1.64. The highest BCUT2D eigenvalue weighted by Crippen LogP contribution is 2.19. The highest BCUT2D eigenvalue weighted by molar-refractivity contribution is 5.57. The Labute approximate surface area is 109 Å². The van der Waals surface area contributed by atoms with E-state index in [1.54, 1.807) is 6.07 Å². The van der Waals surface area contributed by atoms with Gasteiger partial charge in [0.25, 0.3) is 0 Å². The molecule has 2 aromatic rings. The molecule has 0 aliphatic carbocycles. The number of halogens is 2. The van der Waals surface area contributed by atoms with Gasteiger partial charge in [0.1, 0.15) is 17.5 Å². The maximum absolute atomic E-state index is 13.1. The molecule has 0 bridgehead atoms. The molecule has 0 radical (unpaired) electrons. The van der Waals surface area contributed by atoms with Crippen molar-refractivity contribution in [2.24, 2.45) is 0 Å². The molecule has 1 heterocycles. The first kappa shape index (κ1) is 13.2. The molecule has 2 N–H and O–H groups in total. The van der Waals surface area contributed by atoms with Gasteiger partial charge in [0, 0.05) is 30.1 Å². The summed E-state index contributed by atoms with van der Waals surface area (Å²) in [6.45, 7) is 4.44. The Kier molecular flexibility index (Phi) is 3.89. The Bertz CT molecular complexity index is 567. The molecule has 100 valence electrons. The highest BCUT2D eigenvalue weighted by Gasteiger charge is 2.04. The number of hydrogen-bond acceptors (Lipinski definition) is 4. The number of aryl methyl sites for hydroxylation is 1. The van der Waals surface area contributed by atoms with Crippen molar-refractivity contribution in [3.05, 3.63) is 41.6 Å². The second kappa shape index (κ2) is 5.60. The van der Waals surface area contributed by atoms with Crippen LogP contribution in [0.2, 0.25) is 0 Å². The molecule has 0 fully saturated rings. The summed E-state index contributed by atoms with van der Waals surface area (Å²) in [5.41, 5.74) is 1.06. The van der Waals surface area contributed by atoms with Crippen molar-refractivity contribution in [1.29, 1.82) is 0 Å². The van der Waals surface area contributed by atoms with Crippen molar-refractivity contribution in [1.82, 2.24) is 9.97 Å². The summed E-state index contributed by atoms with van der Waals surface area (Å²) in [5, 5.41) is 5.84. The lowest BCUT2D eigenvalue weighted by atomic mass is 10.3. The molecular formula is C13H14F2N4. The van der Waals surface area contributed by atoms with Crippen LogP contribution in [0.3, 0.4) is 0 Å². The molecule has 0 spiro atoms. The third-order valence-electron chi connectivity index (χ3n) is 2.32. The first-order valence-electron chi connectivity index (χ1n) is 5.89. The summed E-state index contributed by atoms with van der Waals surface area (Å²) < 4.78 is 26.2. The van der Waals surface area contributed by atoms with Crippen molar-refractivity contribution in [2.45, 2.75) is 13.8 Å². The minimum atomic E-state index is -0.639. The first-order valence-corrected chi connectivity index (χ1v) is 5.89. The zero-order valence-corrected chi connectivity index (χ0v) is 10.7. The Balaban J connectivity index is 2.27. The predicted octanol–water partition coefficient (Wildman–Crippen LogP) is 3.24. The van der Waals surface area contributed by atoms with E-state index < -0.39 is 11.6 Å². The second-order valence-corrected chi connectivity index (χ2v) is 4.03. The fraction of sp³-hybridized carbons (Fsp3) is 0.231. The van der Waals surface area contributed by atoms with Gasteiger partial charge < -0.3 is 10.6 Å². The standard InChI is InChI=1S/C13H14F2N4/c1-3-16-13-17-8(2)4-12(19-13)18-11-6-9(14)5-10(15)7-11/h4-7H,3H2,1-2H3,(H2,16,17,18,19). The topological polar surface area (TPSA) is 49.8 Å². The highest BCUT2D eigenvalue weighted by atomic mass is 19.1. The van der Waals surface area contributed by atoms with Crippen molar-refractivity contribution >= 4 is 17.5 Å². The maximum atomic E-state index is 13.1. The van der Waals surface area contributed by atoms with Crippen molar-refractivity contribution < 1.29 is 8.78 Å². The smallest absolute Gasteiger partial charge is 0.224 e. The van der Waals surface area contributed by atoms with Crippen LogP contribution in [0.15, 0.2) is 24.3 Å². The van der Waals surface area contributed by atoms with E-state index in [2.05, 4.69) is 20.6 Å². The van der Waals surface area contributed by atoms with Crippen molar-refractivity contribution in [2.75, 3.05) is 17.2 Å². The van der Waals surface area contributed by atoms with E-state index in [9.17, 15) is 8.78 Å². The minimum absolute atomic E-state index is 0.304. The van der Waals surface area contributed by atoms with E-state index in [1.165, 1.54) is 12.1 Å². The molecule has 0 aliphatic heterocycles. The molecule has 0 saturated carbocycles. The quantitative estimate of drug-likeness (QED) is 0.890. The van der Waals surface area contributed by atoms with E-state index in [4.69, 9.17) is 0 Å². The molecule has 0 unspecified atom stereocenters. The average Bonchev–Trinajstić information content (AvgIpc) is 2.26. The summed E-state index contributed by atoms with van der Waals surface area (Å²) >= 11 is 0. The molecule has 4 nitrogen and oxygen atoms in total. The largest absolute Gasteiger partial charge is 0.354 e. The van der Waals surface area contributed by atoms with Gasteiger partial charge in [-0.15, -0.1) is 0 Å². The van der Waals surface area contributed by atoms with E-state index in [1.807, 2.05) is 13.8 Å². The minimum Gasteiger partial charge on any atom is -0.354 e. The van der Waals surface area contributed by atoms with Gasteiger partial charge in [-0.25, -0.2) is 13.8 Å². The van der Waals surface area contributed by atoms with E-state index in [0.717, 1.165) is 11.8 Å². The van der Waals surface area contributed by atoms with Gasteiger partial charge in [-0.3, -0.25) is 0 Å². The number of anilines is 3. The molecule has 0 saturated heterocycles. The molecule has 1 aromatic carbocycles. The van der Waals surface area contributed by atoms with E-state index in [0.29, 0.717) is 24.0 Å². The van der Waals surface area contributed by atoms with Gasteiger partial charge in [0.2, 0.25) is 5.95 Å². The summed E-state index contributed by atoms with van der Waals surface area (Å²) in [5.74, 6) is -0.323. The Morgan fingerprint density at radius 1 is 1.05 bits per heavy atom. The third kappa shape index (κ3) is 3.61. The summed E-state index contributed by atoms with van der Waals surface area (Å²) in [6.07, 6.45) is 0. The van der Waals surface area contributed by atoms with Gasteiger partial charge in [-0.2, -0.15) is 4.98 Å². The van der Waals surface area contributed by atoms with Gasteiger partial charge in [0.05, 0.1) is 0 Å². The number of nitrogens with zero attached hydrogens (tertiary/aromatic N) is 2. The lowest BCUT2D eigenvalue weighted by Crippen LogP contribution is -2.05. The van der Waals surface area contributed by atoms with Gasteiger partial charge in [0.15, 0.2) is 0 Å². The van der Waals surface area contributed by atoms with Gasteiger partial charge in [-0.1, -0.05) is 0 Å². The van der Waals surface area contributed by atoms with Crippen LogP contribution in [-0.4, -0.2) is 16.5 Å². The van der Waals surface area contributed by atoms with Crippen LogP contribution < -0.4 is 10.6 Å². The molecular weight excluding hydrogens is 250 g/mol. The maximum Gasteiger partial charge on any atom is 0.224 e. The molecule has 19 heavy (non-hydrogen) atoms. The lowest BCUT2D eigenvalue weighted by molar-refractivity contribution is 0.584. The zero-order valence-electron chi connectivity index (χ0n) is 10.7. The summed E-state index contributed by atoms with van der Waals surface area (Å²) in [4.78, 5) is 8.39. The van der Waals surface area contributed by atoms with Crippen molar-refractivity contribution in [3.63, 3.8) is 0 Å². The Morgan fingerprint density at radius 2 is 1.74 bits per heavy atom. The second-order valence-electron chi connectivity index (χ2n) is 4.03. The number of aromatic nitrogens is 2. The summed E-state index contributed by atoms with van der Waals surface area (Å²) in [6, 6.07) is 4.92. The van der Waals surface area contributed by atoms with Crippen LogP contribution >= 0.6 is 0 Å². The van der Waals surface area contributed by atoms with Crippen LogP contribution in [0.25, 0.3) is 0 Å². The fourth-order valence-electron chi connectivity index (χ4n) is 1.64. The first-order chi connectivity index (χ1) is 9.06. The molecule has 0 amide bonds. The van der Waals surface area contributed by atoms with Crippen LogP contribution in [0.5, 0.6) is 0 Å². The normalized spacial score (nSPS) is 10.3. The molecule has 2 rings (SSSR count). The van der Waals surface area contributed by atoms with Gasteiger partial charge in [-0.05, 0) is 26.0 Å². The Morgan fingerprint density at radius 3 is 2.37 bits per heavy atom. The van der Waals surface area contributed by atoms with Crippen molar-refractivity contribution in [3.8, 4) is 0 Å². The molecule has 0 aliphatic rings. The predicted molar refractivity (Wildman–Crippen MR) is 70.6 cm³/mol. The van der Waals surface area contributed by atoms with Crippen LogP contribution in [0.4, 0.5) is 26.2 Å². The lowest BCUT2D eigenvalue weighted by Gasteiger charge is -2.09. The third-order valence-corrected chi connectivity index (χ3v) is 2.32. The number of hydrogen-bond donors (Lipinski definition) is 2. The zero-order chi connectivity index (χ0) is 13.8. The average molecular weight is 264 g/mol. The van der Waals surface area contributed by atoms with E-state index in [-0.39, 0.29) is 0 Å². The van der Waals surface area contributed by atoms with Gasteiger partial charge >= 0.3 is 0 Å². The number of benzene rings is 1. The number of rotatable bonds is 4. The molecule has 1 aromatic heterocycles.